The summed E-state index contributed by atoms with van der Waals surface area (Å²) in [6.45, 7) is 13.7. The van der Waals surface area contributed by atoms with E-state index in [1.54, 1.807) is 0 Å². The zero-order valence-electron chi connectivity index (χ0n) is 12.8. The summed E-state index contributed by atoms with van der Waals surface area (Å²) in [6, 6.07) is 0. The molecule has 0 rings (SSSR count). The van der Waals surface area contributed by atoms with E-state index in [4.69, 9.17) is 0 Å². The van der Waals surface area contributed by atoms with Gasteiger partial charge in [0.15, 0.2) is 0 Å². The van der Waals surface area contributed by atoms with E-state index in [0.717, 1.165) is 11.8 Å². The van der Waals surface area contributed by atoms with Crippen LogP contribution in [-0.2, 0) is 0 Å². The van der Waals surface area contributed by atoms with Gasteiger partial charge in [-0.25, -0.2) is 0 Å². The van der Waals surface area contributed by atoms with E-state index in [1.165, 1.54) is 51.4 Å². The zero-order chi connectivity index (χ0) is 12.8. The van der Waals surface area contributed by atoms with Crippen molar-refractivity contribution in [3.05, 3.63) is 0 Å². The van der Waals surface area contributed by atoms with Gasteiger partial charge in [-0.05, 0) is 11.8 Å². The predicted molar refractivity (Wildman–Crippen MR) is 78.0 cm³/mol. The average Bonchev–Trinajstić information content (AvgIpc) is 2.33. The van der Waals surface area contributed by atoms with E-state index in [1.807, 2.05) is 0 Å². The van der Waals surface area contributed by atoms with Crippen molar-refractivity contribution in [1.82, 2.24) is 0 Å². The Hall–Kier alpha value is 0. The van der Waals surface area contributed by atoms with Gasteiger partial charge in [0.1, 0.15) is 0 Å². The molecule has 0 heterocycles. The highest BCUT2D eigenvalue weighted by Gasteiger charge is 2.05. The second kappa shape index (κ2) is 15.0. The first-order valence-corrected chi connectivity index (χ1v) is 7.63. The van der Waals surface area contributed by atoms with Gasteiger partial charge in [0, 0.05) is 0 Å². The smallest absolute Gasteiger partial charge is 0.0420 e. The van der Waals surface area contributed by atoms with E-state index in [0.29, 0.717) is 0 Å². The summed E-state index contributed by atoms with van der Waals surface area (Å²) in [5, 5.41) is 0. The molecule has 0 nitrogen and oxygen atoms in total. The van der Waals surface area contributed by atoms with E-state index >= 15 is 0 Å². The molecule has 0 N–H and O–H groups in total. The monoisotopic (exact) mass is 228 g/mol. The molecule has 0 aromatic carbocycles. The van der Waals surface area contributed by atoms with Crippen molar-refractivity contribution in [2.24, 2.45) is 11.8 Å². The van der Waals surface area contributed by atoms with Gasteiger partial charge in [-0.15, -0.1) is 0 Å². The molecule has 2 atom stereocenters. The molecule has 16 heavy (non-hydrogen) atoms. The van der Waals surface area contributed by atoms with Crippen molar-refractivity contribution >= 4 is 0 Å². The minimum atomic E-state index is 0.917. The first-order chi connectivity index (χ1) is 7.63. The minimum Gasteiger partial charge on any atom is -0.0654 e. The fraction of sp³-hybridized carbons (Fsp3) is 1.00. The van der Waals surface area contributed by atoms with Gasteiger partial charge in [-0.2, -0.15) is 0 Å². The molecule has 2 unspecified atom stereocenters. The van der Waals surface area contributed by atoms with Crippen molar-refractivity contribution < 1.29 is 0 Å². The summed E-state index contributed by atoms with van der Waals surface area (Å²) in [6.07, 6.45) is 11.1. The van der Waals surface area contributed by atoms with Crippen LogP contribution in [0.3, 0.4) is 0 Å². The molecule has 0 aliphatic carbocycles. The van der Waals surface area contributed by atoms with Crippen molar-refractivity contribution in [1.29, 1.82) is 0 Å². The first-order valence-electron chi connectivity index (χ1n) is 7.63. The lowest BCUT2D eigenvalue weighted by Gasteiger charge is -2.14. The van der Waals surface area contributed by atoms with Gasteiger partial charge in [-0.3, -0.25) is 0 Å². The van der Waals surface area contributed by atoms with Crippen molar-refractivity contribution in [3.8, 4) is 0 Å². The fourth-order valence-electron chi connectivity index (χ4n) is 1.66. The van der Waals surface area contributed by atoms with Crippen LogP contribution >= 0.6 is 0 Å². The molecule has 0 radical (unpaired) electrons. The summed E-state index contributed by atoms with van der Waals surface area (Å²) in [4.78, 5) is 0. The van der Waals surface area contributed by atoms with Crippen molar-refractivity contribution in [2.75, 3.05) is 0 Å². The second-order valence-corrected chi connectivity index (χ2v) is 5.19. The third kappa shape index (κ3) is 14.0. The highest BCUT2D eigenvalue weighted by atomic mass is 14.1. The van der Waals surface area contributed by atoms with Gasteiger partial charge < -0.3 is 0 Å². The van der Waals surface area contributed by atoms with Gasteiger partial charge in [-0.1, -0.05) is 92.9 Å². The van der Waals surface area contributed by atoms with E-state index < -0.39 is 0 Å². The lowest BCUT2D eigenvalue weighted by Crippen LogP contribution is -2.04. The fourth-order valence-corrected chi connectivity index (χ4v) is 1.66. The van der Waals surface area contributed by atoms with E-state index in [9.17, 15) is 0 Å². The van der Waals surface area contributed by atoms with Crippen LogP contribution in [0.1, 0.15) is 92.9 Å². The average molecular weight is 228 g/mol. The summed E-state index contributed by atoms with van der Waals surface area (Å²) < 4.78 is 0. The van der Waals surface area contributed by atoms with E-state index in [2.05, 4.69) is 41.5 Å². The summed E-state index contributed by atoms with van der Waals surface area (Å²) in [5.41, 5.74) is 0. The lowest BCUT2D eigenvalue weighted by molar-refractivity contribution is 0.367. The Bertz CT molecular complexity index is 92.6. The number of hydrogen-bond acceptors (Lipinski definition) is 0. The SMILES string of the molecule is CCC(C)C(C)CC.CCCCCCCC. The number of hydrogen-bond donors (Lipinski definition) is 0. The molecule has 0 aliphatic rings. The third-order valence-corrected chi connectivity index (χ3v) is 3.72. The second-order valence-electron chi connectivity index (χ2n) is 5.19. The third-order valence-electron chi connectivity index (χ3n) is 3.72. The normalized spacial score (nSPS) is 13.9. The molecule has 0 saturated heterocycles. The first kappa shape index (κ1) is 18.4. The summed E-state index contributed by atoms with van der Waals surface area (Å²) >= 11 is 0. The predicted octanol–water partition coefficient (Wildman–Crippen LogP) is 6.45. The molecule has 0 aromatic rings. The maximum absolute atomic E-state index is 2.33. The Morgan fingerprint density at radius 2 is 0.875 bits per heavy atom. The topological polar surface area (TPSA) is 0 Å². The van der Waals surface area contributed by atoms with Gasteiger partial charge >= 0.3 is 0 Å². The van der Waals surface area contributed by atoms with Crippen molar-refractivity contribution in [2.45, 2.75) is 92.9 Å². The highest BCUT2D eigenvalue weighted by molar-refractivity contribution is 4.56. The Morgan fingerprint density at radius 1 is 0.562 bits per heavy atom. The van der Waals surface area contributed by atoms with Crippen LogP contribution in [0.2, 0.25) is 0 Å². The van der Waals surface area contributed by atoms with Crippen LogP contribution in [0.15, 0.2) is 0 Å². The maximum Gasteiger partial charge on any atom is -0.0420 e. The van der Waals surface area contributed by atoms with Crippen LogP contribution in [0.4, 0.5) is 0 Å². The zero-order valence-corrected chi connectivity index (χ0v) is 12.8. The minimum absolute atomic E-state index is 0.917. The molecule has 100 valence electrons. The van der Waals surface area contributed by atoms with Crippen LogP contribution < -0.4 is 0 Å². The maximum atomic E-state index is 2.33. The Kier molecular flexibility index (Phi) is 17.2. The summed E-state index contributed by atoms with van der Waals surface area (Å²) in [7, 11) is 0. The summed E-state index contributed by atoms with van der Waals surface area (Å²) in [5.74, 6) is 1.83. The van der Waals surface area contributed by atoms with Crippen LogP contribution in [-0.4, -0.2) is 0 Å². The standard InChI is InChI=1S/2C8H18/c1-5-7(3)8(4)6-2;1-3-5-7-8-6-4-2/h7-8H,5-6H2,1-4H3;3-8H2,1-2H3. The number of rotatable bonds is 8. The molecule has 0 aliphatic heterocycles. The van der Waals surface area contributed by atoms with E-state index in [-0.39, 0.29) is 0 Å². The Labute approximate surface area is 105 Å². The molecule has 0 heteroatoms. The molecule has 0 fully saturated rings. The largest absolute Gasteiger partial charge is 0.0654 e. The molecule has 0 aromatic heterocycles. The van der Waals surface area contributed by atoms with Gasteiger partial charge in [0.2, 0.25) is 0 Å². The quantitative estimate of drug-likeness (QED) is 0.419. The Morgan fingerprint density at radius 3 is 1.06 bits per heavy atom. The molecule has 0 saturated carbocycles. The molecule has 0 amide bonds. The van der Waals surface area contributed by atoms with Crippen LogP contribution in [0, 0.1) is 11.8 Å². The molecule has 0 bridgehead atoms. The van der Waals surface area contributed by atoms with Crippen LogP contribution in [0.5, 0.6) is 0 Å². The van der Waals surface area contributed by atoms with Gasteiger partial charge in [0.05, 0.1) is 0 Å². The molecular formula is C16H36. The lowest BCUT2D eigenvalue weighted by atomic mass is 9.92. The molecule has 0 spiro atoms. The molecular weight excluding hydrogens is 192 g/mol. The van der Waals surface area contributed by atoms with Gasteiger partial charge in [0.25, 0.3) is 0 Å². The number of unbranched alkanes of at least 4 members (excludes halogenated alkanes) is 5. The van der Waals surface area contributed by atoms with Crippen molar-refractivity contribution in [3.63, 3.8) is 0 Å². The highest BCUT2D eigenvalue weighted by Crippen LogP contribution is 2.16. The van der Waals surface area contributed by atoms with Crippen LogP contribution in [0.25, 0.3) is 0 Å². The Balaban J connectivity index is 0.